The van der Waals surface area contributed by atoms with Crippen LogP contribution in [0.4, 0.5) is 13.2 Å². The summed E-state index contributed by atoms with van der Waals surface area (Å²) in [5, 5.41) is 0.438. The highest BCUT2D eigenvalue weighted by molar-refractivity contribution is 6.32. The van der Waals surface area contributed by atoms with Gasteiger partial charge in [-0.2, -0.15) is 13.2 Å². The van der Waals surface area contributed by atoms with Gasteiger partial charge < -0.3 is 9.53 Å². The second-order valence-corrected chi connectivity index (χ2v) is 7.40. The summed E-state index contributed by atoms with van der Waals surface area (Å²) < 4.78 is 45.6. The Labute approximate surface area is 167 Å². The molecule has 148 valence electrons. The topological polar surface area (TPSA) is 26.3 Å². The molecule has 28 heavy (non-hydrogen) atoms. The highest BCUT2D eigenvalue weighted by atomic mass is 35.5. The van der Waals surface area contributed by atoms with E-state index in [9.17, 15) is 18.0 Å². The molecule has 0 radical (unpaired) electrons. The van der Waals surface area contributed by atoms with Gasteiger partial charge in [0.25, 0.3) is 0 Å². The zero-order valence-corrected chi connectivity index (χ0v) is 16.2. The minimum Gasteiger partial charge on any atom is -0.483 e. The first-order chi connectivity index (χ1) is 13.2. The van der Waals surface area contributed by atoms with Gasteiger partial charge in [0.1, 0.15) is 17.6 Å². The highest BCUT2D eigenvalue weighted by Gasteiger charge is 2.33. The van der Waals surface area contributed by atoms with E-state index in [0.29, 0.717) is 47.6 Å². The molecule has 1 aliphatic rings. The van der Waals surface area contributed by atoms with E-state index in [-0.39, 0.29) is 5.78 Å². The normalized spacial score (nSPS) is 16.5. The van der Waals surface area contributed by atoms with Crippen LogP contribution in [0.1, 0.15) is 54.5 Å². The van der Waals surface area contributed by atoms with Crippen LogP contribution in [0.25, 0.3) is 5.57 Å². The van der Waals surface area contributed by atoms with Crippen molar-refractivity contribution in [2.45, 2.75) is 44.9 Å². The molecule has 0 amide bonds. The van der Waals surface area contributed by atoms with Gasteiger partial charge in [0, 0.05) is 18.4 Å². The maximum atomic E-state index is 13.2. The van der Waals surface area contributed by atoms with Gasteiger partial charge in [-0.3, -0.25) is 0 Å². The van der Waals surface area contributed by atoms with E-state index in [1.807, 2.05) is 6.07 Å². The molecule has 0 bridgehead atoms. The molecule has 0 spiro atoms. The van der Waals surface area contributed by atoms with Crippen molar-refractivity contribution in [1.29, 1.82) is 0 Å². The van der Waals surface area contributed by atoms with Crippen LogP contribution in [0.5, 0.6) is 5.75 Å². The Morgan fingerprint density at radius 2 is 2.04 bits per heavy atom. The van der Waals surface area contributed by atoms with E-state index in [0.717, 1.165) is 23.3 Å². The largest absolute Gasteiger partial charge is 0.483 e. The number of aryl methyl sites for hydroxylation is 1. The molecule has 2 aromatic rings. The van der Waals surface area contributed by atoms with E-state index in [2.05, 4.69) is 6.58 Å². The summed E-state index contributed by atoms with van der Waals surface area (Å²) in [7, 11) is 0. The number of carbonyl (C=O) groups excluding carboxylic acids is 1. The van der Waals surface area contributed by atoms with E-state index in [1.165, 1.54) is 13.0 Å². The first kappa shape index (κ1) is 20.5. The standard InChI is InChI=1S/C22H20ClF3O2/c1-13-11-20(28-21-17(13)7-4-8-19(21)23)18-10-9-16(22(24,25)26)12-15(18)6-3-5-14(2)27/h4,7-10,12,20H,1,3,5-6,11H2,2H3. The van der Waals surface area contributed by atoms with Crippen LogP contribution >= 0.6 is 11.6 Å². The molecule has 0 fully saturated rings. The Hall–Kier alpha value is -2.27. The molecule has 2 nitrogen and oxygen atoms in total. The zero-order chi connectivity index (χ0) is 20.5. The number of benzene rings is 2. The molecular formula is C22H20ClF3O2. The van der Waals surface area contributed by atoms with Crippen molar-refractivity contribution in [3.63, 3.8) is 0 Å². The molecule has 1 aliphatic heterocycles. The predicted molar refractivity (Wildman–Crippen MR) is 104 cm³/mol. The summed E-state index contributed by atoms with van der Waals surface area (Å²) in [6, 6.07) is 9.06. The fraction of sp³-hybridized carbons (Fsp3) is 0.318. The molecule has 0 N–H and O–H groups in total. The third-order valence-corrected chi connectivity index (χ3v) is 5.13. The molecule has 0 aliphatic carbocycles. The van der Waals surface area contributed by atoms with Gasteiger partial charge in [0.2, 0.25) is 0 Å². The number of alkyl halides is 3. The fourth-order valence-corrected chi connectivity index (χ4v) is 3.66. The predicted octanol–water partition coefficient (Wildman–Crippen LogP) is 6.81. The quantitative estimate of drug-likeness (QED) is 0.543. The maximum Gasteiger partial charge on any atom is 0.416 e. The third-order valence-electron chi connectivity index (χ3n) is 4.83. The van der Waals surface area contributed by atoms with Gasteiger partial charge in [0.05, 0.1) is 10.6 Å². The SMILES string of the molecule is C=C1CC(c2ccc(C(F)(F)F)cc2CCCC(C)=O)Oc2c(Cl)cccc21. The molecule has 0 saturated carbocycles. The lowest BCUT2D eigenvalue weighted by Gasteiger charge is -2.30. The van der Waals surface area contributed by atoms with E-state index < -0.39 is 17.8 Å². The van der Waals surface area contributed by atoms with Crippen LogP contribution in [0.2, 0.25) is 5.02 Å². The molecule has 0 saturated heterocycles. The molecule has 1 heterocycles. The van der Waals surface area contributed by atoms with Crippen molar-refractivity contribution in [1.82, 2.24) is 0 Å². The maximum absolute atomic E-state index is 13.2. The van der Waals surface area contributed by atoms with Gasteiger partial charge >= 0.3 is 6.18 Å². The lowest BCUT2D eigenvalue weighted by Crippen LogP contribution is -2.17. The first-order valence-electron chi connectivity index (χ1n) is 8.99. The number of Topliss-reactive ketones (excluding diaryl/α,β-unsaturated/α-hetero) is 1. The summed E-state index contributed by atoms with van der Waals surface area (Å²) in [6.07, 6.45) is -3.29. The number of ketones is 1. The number of halogens is 4. The van der Waals surface area contributed by atoms with Crippen molar-refractivity contribution in [3.05, 3.63) is 70.3 Å². The summed E-state index contributed by atoms with van der Waals surface area (Å²) in [5.74, 6) is 0.511. The fourth-order valence-electron chi connectivity index (χ4n) is 3.44. The average molecular weight is 409 g/mol. The highest BCUT2D eigenvalue weighted by Crippen LogP contribution is 2.45. The monoisotopic (exact) mass is 408 g/mol. The van der Waals surface area contributed by atoms with Crippen LogP contribution < -0.4 is 4.74 Å². The number of ether oxygens (including phenoxy) is 1. The molecular weight excluding hydrogens is 389 g/mol. The molecule has 6 heteroatoms. The minimum absolute atomic E-state index is 0.0107. The Kier molecular flexibility index (Phi) is 5.84. The number of rotatable bonds is 5. The van der Waals surface area contributed by atoms with Gasteiger partial charge in [-0.15, -0.1) is 0 Å². The van der Waals surface area contributed by atoms with Gasteiger partial charge in [0.15, 0.2) is 0 Å². The van der Waals surface area contributed by atoms with Crippen molar-refractivity contribution in [2.24, 2.45) is 0 Å². The van der Waals surface area contributed by atoms with E-state index in [4.69, 9.17) is 16.3 Å². The van der Waals surface area contributed by atoms with Crippen molar-refractivity contribution >= 4 is 23.0 Å². The number of hydrogen-bond acceptors (Lipinski definition) is 2. The van der Waals surface area contributed by atoms with Crippen molar-refractivity contribution in [2.75, 3.05) is 0 Å². The lowest BCUT2D eigenvalue weighted by atomic mass is 9.89. The second kappa shape index (κ2) is 8.00. The molecule has 0 aromatic heterocycles. The Morgan fingerprint density at radius 3 is 2.71 bits per heavy atom. The number of para-hydroxylation sites is 1. The van der Waals surface area contributed by atoms with Crippen LogP contribution in [-0.2, 0) is 17.4 Å². The first-order valence-corrected chi connectivity index (χ1v) is 9.37. The molecule has 3 rings (SSSR count). The van der Waals surface area contributed by atoms with E-state index >= 15 is 0 Å². The lowest BCUT2D eigenvalue weighted by molar-refractivity contribution is -0.137. The van der Waals surface area contributed by atoms with Crippen LogP contribution in [0.15, 0.2) is 43.0 Å². The number of fused-ring (bicyclic) bond motifs is 1. The van der Waals surface area contributed by atoms with E-state index in [1.54, 1.807) is 12.1 Å². The van der Waals surface area contributed by atoms with Crippen LogP contribution in [0, 0.1) is 0 Å². The summed E-state index contributed by atoms with van der Waals surface area (Å²) >= 11 is 6.25. The Morgan fingerprint density at radius 1 is 1.29 bits per heavy atom. The molecule has 1 atom stereocenters. The van der Waals surface area contributed by atoms with Gasteiger partial charge in [-0.1, -0.05) is 36.4 Å². The van der Waals surface area contributed by atoms with Crippen LogP contribution in [-0.4, -0.2) is 5.78 Å². The third kappa shape index (κ3) is 4.41. The molecule has 2 aromatic carbocycles. The smallest absolute Gasteiger partial charge is 0.416 e. The summed E-state index contributed by atoms with van der Waals surface area (Å²) in [6.45, 7) is 5.55. The van der Waals surface area contributed by atoms with Gasteiger partial charge in [-0.05, 0) is 54.7 Å². The van der Waals surface area contributed by atoms with Crippen molar-refractivity contribution in [3.8, 4) is 5.75 Å². The Balaban J connectivity index is 1.97. The van der Waals surface area contributed by atoms with Gasteiger partial charge in [-0.25, -0.2) is 0 Å². The van der Waals surface area contributed by atoms with Crippen molar-refractivity contribution < 1.29 is 22.7 Å². The van der Waals surface area contributed by atoms with Crippen LogP contribution in [0.3, 0.4) is 0 Å². The summed E-state index contributed by atoms with van der Waals surface area (Å²) in [4.78, 5) is 11.2. The number of carbonyl (C=O) groups is 1. The second-order valence-electron chi connectivity index (χ2n) is 7.00. The molecule has 1 unspecified atom stereocenters. The minimum atomic E-state index is -4.43. The summed E-state index contributed by atoms with van der Waals surface area (Å²) in [5.41, 5.74) is 2.13. The number of hydrogen-bond donors (Lipinski definition) is 0. The Bertz CT molecular complexity index is 918. The zero-order valence-electron chi connectivity index (χ0n) is 15.4. The average Bonchev–Trinajstić information content (AvgIpc) is 2.61.